The van der Waals surface area contributed by atoms with Crippen LogP contribution in [0.4, 0.5) is 4.39 Å². The molecule has 1 rings (SSSR count). The molecule has 0 fully saturated rings. The highest BCUT2D eigenvalue weighted by Crippen LogP contribution is 2.23. The van der Waals surface area contributed by atoms with E-state index in [-0.39, 0.29) is 5.82 Å². The van der Waals surface area contributed by atoms with Gasteiger partial charge in [-0.05, 0) is 44.9 Å². The summed E-state index contributed by atoms with van der Waals surface area (Å²) in [6, 6.07) is 4.72. The maximum Gasteiger partial charge on any atom is 0.309 e. The van der Waals surface area contributed by atoms with E-state index in [2.05, 4.69) is 15.9 Å². The third-order valence-electron chi connectivity index (χ3n) is 2.77. The number of benzene rings is 1. The zero-order valence-corrected chi connectivity index (χ0v) is 12.0. The molecule has 0 aliphatic carbocycles. The van der Waals surface area contributed by atoms with Crippen molar-refractivity contribution in [3.63, 3.8) is 0 Å². The Labute approximate surface area is 115 Å². The van der Waals surface area contributed by atoms with Crippen LogP contribution in [0.1, 0.15) is 32.3 Å². The molecule has 0 heterocycles. The Balaban J connectivity index is 2.61. The van der Waals surface area contributed by atoms with Gasteiger partial charge in [0.1, 0.15) is 5.82 Å². The summed E-state index contributed by atoms with van der Waals surface area (Å²) in [5, 5.41) is 8.95. The SMILES string of the molecule is CC(C)(CC/C=C/c1cc(Br)ccc1F)C(=O)O. The zero-order valence-electron chi connectivity index (χ0n) is 10.4. The molecule has 2 nitrogen and oxygen atoms in total. The van der Waals surface area contributed by atoms with Gasteiger partial charge >= 0.3 is 5.97 Å². The van der Waals surface area contributed by atoms with Crippen molar-refractivity contribution in [1.29, 1.82) is 0 Å². The van der Waals surface area contributed by atoms with E-state index in [4.69, 9.17) is 5.11 Å². The number of hydrogen-bond donors (Lipinski definition) is 1. The lowest BCUT2D eigenvalue weighted by Crippen LogP contribution is -2.22. The van der Waals surface area contributed by atoms with Crippen LogP contribution >= 0.6 is 15.9 Å². The summed E-state index contributed by atoms with van der Waals surface area (Å²) in [4.78, 5) is 10.9. The second-order valence-electron chi connectivity index (χ2n) is 4.80. The van der Waals surface area contributed by atoms with E-state index in [9.17, 15) is 9.18 Å². The van der Waals surface area contributed by atoms with E-state index in [0.717, 1.165) is 4.47 Å². The predicted molar refractivity (Wildman–Crippen MR) is 73.8 cm³/mol. The Morgan fingerprint density at radius 1 is 1.50 bits per heavy atom. The van der Waals surface area contributed by atoms with E-state index in [1.807, 2.05) is 0 Å². The van der Waals surface area contributed by atoms with Gasteiger partial charge in [0, 0.05) is 10.0 Å². The summed E-state index contributed by atoms with van der Waals surface area (Å²) in [6.45, 7) is 3.37. The average Bonchev–Trinajstić information content (AvgIpc) is 2.28. The topological polar surface area (TPSA) is 37.3 Å². The largest absolute Gasteiger partial charge is 0.481 e. The van der Waals surface area contributed by atoms with Gasteiger partial charge in [-0.25, -0.2) is 4.39 Å². The molecule has 0 radical (unpaired) electrons. The number of carboxylic acids is 1. The normalized spacial score (nSPS) is 12.0. The molecular weight excluding hydrogens is 299 g/mol. The van der Waals surface area contributed by atoms with E-state index in [1.165, 1.54) is 6.07 Å². The van der Waals surface area contributed by atoms with Gasteiger partial charge in [0.05, 0.1) is 5.41 Å². The Morgan fingerprint density at radius 2 is 2.17 bits per heavy atom. The summed E-state index contributed by atoms with van der Waals surface area (Å²) in [5.41, 5.74) is -0.252. The highest BCUT2D eigenvalue weighted by Gasteiger charge is 2.25. The van der Waals surface area contributed by atoms with Gasteiger partial charge in [0.15, 0.2) is 0 Å². The van der Waals surface area contributed by atoms with E-state index in [0.29, 0.717) is 18.4 Å². The van der Waals surface area contributed by atoms with Crippen LogP contribution in [-0.2, 0) is 4.79 Å². The van der Waals surface area contributed by atoms with Crippen LogP contribution in [0.5, 0.6) is 0 Å². The quantitative estimate of drug-likeness (QED) is 0.869. The van der Waals surface area contributed by atoms with Crippen LogP contribution in [0.25, 0.3) is 6.08 Å². The molecule has 0 atom stereocenters. The van der Waals surface area contributed by atoms with Crippen molar-refractivity contribution in [2.45, 2.75) is 26.7 Å². The predicted octanol–water partition coefficient (Wildman–Crippen LogP) is 4.49. The standard InChI is InChI=1S/C14H16BrFO2/c1-14(2,13(17)18)8-4-3-5-10-9-11(15)6-7-12(10)16/h3,5-7,9H,4,8H2,1-2H3,(H,17,18)/b5-3+. The molecule has 0 aliphatic rings. The fourth-order valence-corrected chi connectivity index (χ4v) is 1.78. The molecule has 0 saturated carbocycles. The number of carbonyl (C=O) groups is 1. The van der Waals surface area contributed by atoms with Gasteiger partial charge in [0.25, 0.3) is 0 Å². The maximum atomic E-state index is 13.4. The first kappa shape index (κ1) is 14.9. The zero-order chi connectivity index (χ0) is 13.8. The first-order valence-electron chi connectivity index (χ1n) is 5.68. The number of allylic oxidation sites excluding steroid dienone is 1. The van der Waals surface area contributed by atoms with Crippen LogP contribution in [0, 0.1) is 11.2 Å². The molecular formula is C14H16BrFO2. The van der Waals surface area contributed by atoms with Crippen LogP contribution in [0.15, 0.2) is 28.7 Å². The molecule has 0 bridgehead atoms. The highest BCUT2D eigenvalue weighted by atomic mass is 79.9. The molecule has 0 unspecified atom stereocenters. The van der Waals surface area contributed by atoms with Crippen molar-refractivity contribution in [3.05, 3.63) is 40.1 Å². The minimum absolute atomic E-state index is 0.285. The Kier molecular flexibility index (Phi) is 5.08. The Morgan fingerprint density at radius 3 is 2.78 bits per heavy atom. The maximum absolute atomic E-state index is 13.4. The highest BCUT2D eigenvalue weighted by molar-refractivity contribution is 9.10. The molecule has 1 N–H and O–H groups in total. The lowest BCUT2D eigenvalue weighted by Gasteiger charge is -2.17. The molecule has 0 aliphatic heterocycles. The number of carboxylic acid groups (broad SMARTS) is 1. The summed E-state index contributed by atoms with van der Waals surface area (Å²) < 4.78 is 14.2. The summed E-state index contributed by atoms with van der Waals surface area (Å²) in [5.74, 6) is -1.10. The third-order valence-corrected chi connectivity index (χ3v) is 3.26. The molecule has 0 spiro atoms. The van der Waals surface area contributed by atoms with Crippen molar-refractivity contribution >= 4 is 28.0 Å². The molecule has 1 aromatic rings. The van der Waals surface area contributed by atoms with E-state index < -0.39 is 11.4 Å². The molecule has 0 saturated heterocycles. The second kappa shape index (κ2) is 6.14. The van der Waals surface area contributed by atoms with Crippen molar-refractivity contribution < 1.29 is 14.3 Å². The molecule has 18 heavy (non-hydrogen) atoms. The fourth-order valence-electron chi connectivity index (χ4n) is 1.40. The number of halogens is 2. The summed E-state index contributed by atoms with van der Waals surface area (Å²) >= 11 is 3.28. The van der Waals surface area contributed by atoms with Gasteiger partial charge < -0.3 is 5.11 Å². The van der Waals surface area contributed by atoms with Crippen molar-refractivity contribution in [1.82, 2.24) is 0 Å². The van der Waals surface area contributed by atoms with Crippen LogP contribution in [0.2, 0.25) is 0 Å². The van der Waals surface area contributed by atoms with Gasteiger partial charge in [-0.1, -0.05) is 28.1 Å². The number of rotatable bonds is 5. The van der Waals surface area contributed by atoms with Crippen molar-refractivity contribution in [2.24, 2.45) is 5.41 Å². The first-order chi connectivity index (χ1) is 8.33. The van der Waals surface area contributed by atoms with Crippen LogP contribution in [0.3, 0.4) is 0 Å². The lowest BCUT2D eigenvalue weighted by atomic mass is 9.88. The van der Waals surface area contributed by atoms with Gasteiger partial charge in [-0.2, -0.15) is 0 Å². The van der Waals surface area contributed by atoms with Crippen LogP contribution in [-0.4, -0.2) is 11.1 Å². The molecule has 1 aromatic carbocycles. The first-order valence-corrected chi connectivity index (χ1v) is 6.47. The summed E-state index contributed by atoms with van der Waals surface area (Å²) in [7, 11) is 0. The van der Waals surface area contributed by atoms with E-state index >= 15 is 0 Å². The molecule has 4 heteroatoms. The fraction of sp³-hybridized carbons (Fsp3) is 0.357. The Hall–Kier alpha value is -1.16. The lowest BCUT2D eigenvalue weighted by molar-refractivity contribution is -0.147. The van der Waals surface area contributed by atoms with Gasteiger partial charge in [-0.3, -0.25) is 4.79 Å². The second-order valence-corrected chi connectivity index (χ2v) is 5.71. The van der Waals surface area contributed by atoms with Crippen molar-refractivity contribution in [3.8, 4) is 0 Å². The summed E-state index contributed by atoms with van der Waals surface area (Å²) in [6.07, 6.45) is 4.60. The molecule has 98 valence electrons. The van der Waals surface area contributed by atoms with Gasteiger partial charge in [0.2, 0.25) is 0 Å². The van der Waals surface area contributed by atoms with Gasteiger partial charge in [-0.15, -0.1) is 0 Å². The van der Waals surface area contributed by atoms with Crippen LogP contribution < -0.4 is 0 Å². The molecule has 0 amide bonds. The van der Waals surface area contributed by atoms with E-state index in [1.54, 1.807) is 38.1 Å². The third kappa shape index (κ3) is 4.26. The minimum Gasteiger partial charge on any atom is -0.481 e. The average molecular weight is 315 g/mol. The molecule has 0 aromatic heterocycles. The monoisotopic (exact) mass is 314 g/mol. The number of aliphatic carboxylic acids is 1. The Bertz CT molecular complexity index is 467. The van der Waals surface area contributed by atoms with Crippen molar-refractivity contribution in [2.75, 3.05) is 0 Å². The number of hydrogen-bond acceptors (Lipinski definition) is 1. The minimum atomic E-state index is -0.815. The smallest absolute Gasteiger partial charge is 0.309 e.